The van der Waals surface area contributed by atoms with Crippen molar-refractivity contribution in [1.29, 1.82) is 0 Å². The molecule has 0 aliphatic rings. The number of carbonyl (C=O) groups is 1. The van der Waals surface area contributed by atoms with Crippen molar-refractivity contribution < 1.29 is 9.90 Å². The first-order valence-corrected chi connectivity index (χ1v) is 6.33. The number of hydrogen-bond donors (Lipinski definition) is 1. The van der Waals surface area contributed by atoms with Crippen LogP contribution >= 0.6 is 0 Å². The highest BCUT2D eigenvalue weighted by atomic mass is 16.4. The van der Waals surface area contributed by atoms with Crippen LogP contribution < -0.4 is 0 Å². The Morgan fingerprint density at radius 2 is 2.28 bits per heavy atom. The van der Waals surface area contributed by atoms with Crippen LogP contribution in [0.15, 0.2) is 6.33 Å². The van der Waals surface area contributed by atoms with Gasteiger partial charge in [-0.25, -0.2) is 9.67 Å². The Kier molecular flexibility index (Phi) is 5.77. The highest BCUT2D eigenvalue weighted by Crippen LogP contribution is 2.05. The molecule has 18 heavy (non-hydrogen) atoms. The molecule has 0 atom stereocenters. The fourth-order valence-corrected chi connectivity index (χ4v) is 1.71. The van der Waals surface area contributed by atoms with Gasteiger partial charge in [0.15, 0.2) is 0 Å². The lowest BCUT2D eigenvalue weighted by molar-refractivity contribution is -0.137. The van der Waals surface area contributed by atoms with Gasteiger partial charge in [0, 0.05) is 13.1 Å². The van der Waals surface area contributed by atoms with Gasteiger partial charge < -0.3 is 5.11 Å². The van der Waals surface area contributed by atoms with Crippen molar-refractivity contribution in [2.75, 3.05) is 13.1 Å². The van der Waals surface area contributed by atoms with Gasteiger partial charge in [-0.3, -0.25) is 9.69 Å². The largest absolute Gasteiger partial charge is 0.481 e. The summed E-state index contributed by atoms with van der Waals surface area (Å²) < 4.78 is 1.90. The predicted octanol–water partition coefficient (Wildman–Crippen LogP) is 1.23. The fourth-order valence-electron chi connectivity index (χ4n) is 1.71. The van der Waals surface area contributed by atoms with Crippen LogP contribution in [0.1, 0.15) is 33.0 Å². The Morgan fingerprint density at radius 3 is 2.83 bits per heavy atom. The maximum absolute atomic E-state index is 10.6. The number of aromatic nitrogens is 3. The molecule has 6 heteroatoms. The van der Waals surface area contributed by atoms with Gasteiger partial charge in [-0.2, -0.15) is 5.10 Å². The summed E-state index contributed by atoms with van der Waals surface area (Å²) in [5, 5.41) is 12.9. The molecule has 1 aromatic heterocycles. The molecule has 0 spiro atoms. The third-order valence-corrected chi connectivity index (χ3v) is 2.69. The van der Waals surface area contributed by atoms with Crippen molar-refractivity contribution in [1.82, 2.24) is 19.7 Å². The van der Waals surface area contributed by atoms with Crippen LogP contribution in [0.5, 0.6) is 0 Å². The summed E-state index contributed by atoms with van der Waals surface area (Å²) in [6, 6.07) is 0. The van der Waals surface area contributed by atoms with E-state index in [4.69, 9.17) is 5.11 Å². The highest BCUT2D eigenvalue weighted by molar-refractivity contribution is 5.66. The molecule has 0 aliphatic carbocycles. The molecule has 0 aromatic carbocycles. The lowest BCUT2D eigenvalue weighted by Crippen LogP contribution is -2.27. The minimum atomic E-state index is -0.767. The van der Waals surface area contributed by atoms with E-state index in [9.17, 15) is 4.79 Å². The molecule has 0 unspecified atom stereocenters. The smallest absolute Gasteiger partial charge is 0.304 e. The fraction of sp³-hybridized carbons (Fsp3) is 0.750. The number of hydrogen-bond acceptors (Lipinski definition) is 4. The van der Waals surface area contributed by atoms with Crippen LogP contribution in [0.3, 0.4) is 0 Å². The van der Waals surface area contributed by atoms with E-state index in [0.717, 1.165) is 18.9 Å². The molecular formula is C12H22N4O2. The standard InChI is InChI=1S/C12H22N4O2/c1-4-15(6-5-12(17)18)8-11-13-9-14-16(11)7-10(2)3/h9-10H,4-8H2,1-3H3,(H,17,18). The molecule has 0 fully saturated rings. The molecule has 102 valence electrons. The molecule has 0 saturated heterocycles. The Morgan fingerprint density at radius 1 is 1.56 bits per heavy atom. The average Bonchev–Trinajstić information content (AvgIpc) is 2.70. The Labute approximate surface area is 108 Å². The molecule has 1 rings (SSSR count). The monoisotopic (exact) mass is 254 g/mol. The van der Waals surface area contributed by atoms with Crippen molar-refractivity contribution in [3.8, 4) is 0 Å². The van der Waals surface area contributed by atoms with Gasteiger partial charge in [-0.1, -0.05) is 20.8 Å². The number of rotatable bonds is 8. The van der Waals surface area contributed by atoms with Crippen LogP contribution in [0.4, 0.5) is 0 Å². The summed E-state index contributed by atoms with van der Waals surface area (Å²) in [5.41, 5.74) is 0. The number of aliphatic carboxylic acids is 1. The Bertz CT molecular complexity index is 376. The van der Waals surface area contributed by atoms with Gasteiger partial charge in [0.25, 0.3) is 0 Å². The SMILES string of the molecule is CCN(CCC(=O)O)Cc1ncnn1CC(C)C. The first kappa shape index (κ1) is 14.6. The van der Waals surface area contributed by atoms with E-state index in [0.29, 0.717) is 19.0 Å². The first-order chi connectivity index (χ1) is 8.52. The molecule has 0 amide bonds. The third-order valence-electron chi connectivity index (χ3n) is 2.69. The zero-order valence-electron chi connectivity index (χ0n) is 11.3. The zero-order chi connectivity index (χ0) is 13.5. The second-order valence-electron chi connectivity index (χ2n) is 4.76. The van der Waals surface area contributed by atoms with Gasteiger partial charge in [-0.15, -0.1) is 0 Å². The second kappa shape index (κ2) is 7.10. The summed E-state index contributed by atoms with van der Waals surface area (Å²) in [4.78, 5) is 16.9. The molecule has 0 radical (unpaired) electrons. The van der Waals surface area contributed by atoms with Crippen LogP contribution in [-0.2, 0) is 17.9 Å². The molecule has 1 N–H and O–H groups in total. The van der Waals surface area contributed by atoms with E-state index in [1.807, 2.05) is 11.6 Å². The first-order valence-electron chi connectivity index (χ1n) is 6.33. The van der Waals surface area contributed by atoms with Crippen LogP contribution in [0, 0.1) is 5.92 Å². The van der Waals surface area contributed by atoms with Crippen LogP contribution in [0.2, 0.25) is 0 Å². The highest BCUT2D eigenvalue weighted by Gasteiger charge is 2.11. The van der Waals surface area contributed by atoms with E-state index in [1.165, 1.54) is 0 Å². The normalized spacial score (nSPS) is 11.4. The molecule has 1 heterocycles. The van der Waals surface area contributed by atoms with Gasteiger partial charge in [-0.05, 0) is 12.5 Å². The molecule has 1 aromatic rings. The van der Waals surface area contributed by atoms with E-state index in [-0.39, 0.29) is 6.42 Å². The van der Waals surface area contributed by atoms with E-state index in [2.05, 4.69) is 28.8 Å². The van der Waals surface area contributed by atoms with Gasteiger partial charge in [0.1, 0.15) is 12.2 Å². The summed E-state index contributed by atoms with van der Waals surface area (Å²) in [7, 11) is 0. The number of carboxylic acids is 1. The molecular weight excluding hydrogens is 232 g/mol. The minimum Gasteiger partial charge on any atom is -0.481 e. The van der Waals surface area contributed by atoms with Crippen molar-refractivity contribution in [3.05, 3.63) is 12.2 Å². The molecule has 0 saturated carbocycles. The maximum atomic E-state index is 10.6. The summed E-state index contributed by atoms with van der Waals surface area (Å²) >= 11 is 0. The summed E-state index contributed by atoms with van der Waals surface area (Å²) in [5.74, 6) is 0.646. The molecule has 0 aliphatic heterocycles. The zero-order valence-corrected chi connectivity index (χ0v) is 11.3. The van der Waals surface area contributed by atoms with Gasteiger partial charge >= 0.3 is 5.97 Å². The second-order valence-corrected chi connectivity index (χ2v) is 4.76. The van der Waals surface area contributed by atoms with E-state index in [1.54, 1.807) is 6.33 Å². The maximum Gasteiger partial charge on any atom is 0.304 e. The molecule has 6 nitrogen and oxygen atoms in total. The van der Waals surface area contributed by atoms with Crippen LogP contribution in [0.25, 0.3) is 0 Å². The topological polar surface area (TPSA) is 71.2 Å². The lowest BCUT2D eigenvalue weighted by atomic mass is 10.2. The predicted molar refractivity (Wildman–Crippen MR) is 68.1 cm³/mol. The van der Waals surface area contributed by atoms with E-state index < -0.39 is 5.97 Å². The van der Waals surface area contributed by atoms with Crippen molar-refractivity contribution in [2.24, 2.45) is 5.92 Å². The van der Waals surface area contributed by atoms with Crippen molar-refractivity contribution >= 4 is 5.97 Å². The number of carboxylic acid groups (broad SMARTS) is 1. The Balaban J connectivity index is 2.58. The van der Waals surface area contributed by atoms with Crippen molar-refractivity contribution in [3.63, 3.8) is 0 Å². The quantitative estimate of drug-likeness (QED) is 0.755. The summed E-state index contributed by atoms with van der Waals surface area (Å²) in [6.45, 7) is 9.12. The van der Waals surface area contributed by atoms with E-state index >= 15 is 0 Å². The minimum absolute atomic E-state index is 0.159. The van der Waals surface area contributed by atoms with Gasteiger partial charge in [0.2, 0.25) is 0 Å². The van der Waals surface area contributed by atoms with Crippen LogP contribution in [-0.4, -0.2) is 43.8 Å². The molecule has 0 bridgehead atoms. The summed E-state index contributed by atoms with van der Waals surface area (Å²) in [6.07, 6.45) is 1.72. The third kappa shape index (κ3) is 4.83. The Hall–Kier alpha value is -1.43. The number of nitrogens with zero attached hydrogens (tertiary/aromatic N) is 4. The van der Waals surface area contributed by atoms with Gasteiger partial charge in [0.05, 0.1) is 13.0 Å². The average molecular weight is 254 g/mol. The van der Waals surface area contributed by atoms with Crippen molar-refractivity contribution in [2.45, 2.75) is 40.3 Å². The lowest BCUT2D eigenvalue weighted by Gasteiger charge is -2.19.